The molecular weight excluding hydrogens is 172 g/mol. The first-order chi connectivity index (χ1) is 6.02. The van der Waals surface area contributed by atoms with Gasteiger partial charge in [0.25, 0.3) is 0 Å². The first-order valence-electron chi connectivity index (χ1n) is 4.63. The molecule has 0 saturated carbocycles. The topological polar surface area (TPSA) is 38.7 Å². The Morgan fingerprint density at radius 2 is 2.25 bits per heavy atom. The molecule has 0 saturated heterocycles. The molecule has 0 aliphatic carbocycles. The first-order valence-corrected chi connectivity index (χ1v) is 7.34. The van der Waals surface area contributed by atoms with E-state index in [2.05, 4.69) is 6.92 Å². The summed E-state index contributed by atoms with van der Waals surface area (Å²) < 4.78 is 16.9. The van der Waals surface area contributed by atoms with Gasteiger partial charge in [-0.2, -0.15) is 0 Å². The predicted octanol–water partition coefficient (Wildman–Crippen LogP) is 1.44. The Hall–Kier alpha value is 0.0969. The standard InChI is InChI=1S/C8H20O3Si/c1-8(5-11-7-10-2)6-12(3,4)9/h8-9H,5-7H2,1-4H3/i9T. The summed E-state index contributed by atoms with van der Waals surface area (Å²) in [5, 5.41) is 0. The minimum Gasteiger partial charge on any atom is -0.432 e. The van der Waals surface area contributed by atoms with Crippen LogP contribution in [0.3, 0.4) is 0 Å². The lowest BCUT2D eigenvalue weighted by molar-refractivity contribution is -0.0400. The minimum absolute atomic E-state index is 0.341. The van der Waals surface area contributed by atoms with E-state index in [1.54, 1.807) is 7.11 Å². The number of ether oxygens (including phenoxy) is 2. The molecule has 0 fully saturated rings. The molecule has 1 unspecified atom stereocenters. The van der Waals surface area contributed by atoms with E-state index in [9.17, 15) is 0 Å². The molecule has 74 valence electrons. The van der Waals surface area contributed by atoms with Crippen molar-refractivity contribution in [1.29, 1.82) is 1.43 Å². The lowest BCUT2D eigenvalue weighted by atomic mass is 10.2. The number of hydrogen-bond acceptors (Lipinski definition) is 3. The summed E-state index contributed by atoms with van der Waals surface area (Å²) in [6.07, 6.45) is 0. The highest BCUT2D eigenvalue weighted by atomic mass is 28.4. The van der Waals surface area contributed by atoms with Crippen LogP contribution >= 0.6 is 0 Å². The molecule has 0 spiro atoms. The third-order valence-electron chi connectivity index (χ3n) is 1.44. The lowest BCUT2D eigenvalue weighted by Gasteiger charge is -2.19. The molecule has 0 aromatic carbocycles. The maximum absolute atomic E-state index is 6.91. The van der Waals surface area contributed by atoms with Gasteiger partial charge in [0.05, 0.1) is 6.61 Å². The third kappa shape index (κ3) is 8.20. The summed E-state index contributed by atoms with van der Waals surface area (Å²) in [6, 6.07) is 0.945. The Bertz CT molecular complexity index is 133. The average Bonchev–Trinajstić information content (AvgIpc) is 2.04. The zero-order valence-electron chi connectivity index (χ0n) is 9.42. The molecule has 0 aromatic rings. The van der Waals surface area contributed by atoms with E-state index < -0.39 is 8.32 Å². The fraction of sp³-hybridized carbons (Fsp3) is 1.00. The Morgan fingerprint density at radius 3 is 2.75 bits per heavy atom. The second-order valence-corrected chi connectivity index (χ2v) is 7.77. The molecule has 0 heterocycles. The Labute approximate surface area is 77.3 Å². The van der Waals surface area contributed by atoms with Gasteiger partial charge in [-0.25, -0.2) is 0 Å². The van der Waals surface area contributed by atoms with Gasteiger partial charge in [-0.1, -0.05) is 6.92 Å². The lowest BCUT2D eigenvalue weighted by Crippen LogP contribution is -2.28. The number of rotatable bonds is 7. The maximum Gasteiger partial charge on any atom is 0.193 e. The fourth-order valence-corrected chi connectivity index (χ4v) is 3.03. The molecule has 4 heteroatoms. The van der Waals surface area contributed by atoms with Crippen molar-refractivity contribution in [2.75, 3.05) is 20.5 Å². The van der Waals surface area contributed by atoms with Gasteiger partial charge in [-0.3, -0.25) is 0 Å². The van der Waals surface area contributed by atoms with Crippen LogP contribution in [0.25, 0.3) is 0 Å². The van der Waals surface area contributed by atoms with Crippen molar-refractivity contribution in [3.05, 3.63) is 0 Å². The molecule has 0 aliphatic heterocycles. The zero-order valence-corrected chi connectivity index (χ0v) is 9.42. The second kappa shape index (κ2) is 5.69. The van der Waals surface area contributed by atoms with Crippen molar-refractivity contribution in [1.82, 2.24) is 0 Å². The van der Waals surface area contributed by atoms with Crippen LogP contribution in [-0.4, -0.2) is 35.1 Å². The van der Waals surface area contributed by atoms with Crippen molar-refractivity contribution >= 4 is 8.32 Å². The number of methoxy groups -OCH3 is 1. The zero-order chi connectivity index (χ0) is 10.3. The molecule has 0 rings (SSSR count). The van der Waals surface area contributed by atoms with Crippen LogP contribution in [0.5, 0.6) is 0 Å². The molecule has 0 radical (unpaired) electrons. The van der Waals surface area contributed by atoms with Crippen LogP contribution in [0.1, 0.15) is 6.92 Å². The first kappa shape index (κ1) is 10.2. The van der Waals surface area contributed by atoms with E-state index in [0.717, 1.165) is 6.04 Å². The largest absolute Gasteiger partial charge is 0.432 e. The van der Waals surface area contributed by atoms with Gasteiger partial charge in [-0.15, -0.1) is 0 Å². The molecule has 0 aliphatic rings. The van der Waals surface area contributed by atoms with Gasteiger partial charge in [0, 0.05) is 7.11 Å². The van der Waals surface area contributed by atoms with E-state index >= 15 is 0 Å². The van der Waals surface area contributed by atoms with E-state index in [1.807, 2.05) is 13.1 Å². The van der Waals surface area contributed by atoms with E-state index in [4.69, 9.17) is 15.7 Å². The van der Waals surface area contributed by atoms with E-state index in [1.165, 1.54) is 0 Å². The third-order valence-corrected chi connectivity index (χ3v) is 3.12. The maximum atomic E-state index is 6.91. The van der Waals surface area contributed by atoms with Gasteiger partial charge in [0.15, 0.2) is 9.75 Å². The smallest absolute Gasteiger partial charge is 0.193 e. The van der Waals surface area contributed by atoms with Crippen LogP contribution in [-0.2, 0) is 9.47 Å². The van der Waals surface area contributed by atoms with Gasteiger partial charge in [0.2, 0.25) is 0 Å². The highest BCUT2D eigenvalue weighted by Gasteiger charge is 2.20. The molecule has 1 N–H and O–H groups in total. The fourth-order valence-electron chi connectivity index (χ4n) is 1.23. The van der Waals surface area contributed by atoms with E-state index in [-0.39, 0.29) is 0 Å². The van der Waals surface area contributed by atoms with E-state index in [0.29, 0.717) is 19.3 Å². The highest BCUT2D eigenvalue weighted by Crippen LogP contribution is 2.13. The average molecular weight is 194 g/mol. The van der Waals surface area contributed by atoms with Crippen LogP contribution in [0.2, 0.25) is 19.1 Å². The van der Waals surface area contributed by atoms with Crippen LogP contribution in [0, 0.1) is 5.92 Å². The van der Waals surface area contributed by atoms with Crippen molar-refractivity contribution in [3.8, 4) is 0 Å². The monoisotopic (exact) mass is 194 g/mol. The summed E-state index contributed by atoms with van der Waals surface area (Å²) in [5.41, 5.74) is 0. The molecule has 3 nitrogen and oxygen atoms in total. The van der Waals surface area contributed by atoms with Crippen molar-refractivity contribution in [3.63, 3.8) is 0 Å². The molecule has 12 heavy (non-hydrogen) atoms. The van der Waals surface area contributed by atoms with Gasteiger partial charge < -0.3 is 14.3 Å². The summed E-state index contributed by atoms with van der Waals surface area (Å²) in [7, 11) is -0.147. The summed E-state index contributed by atoms with van der Waals surface area (Å²) in [5.74, 6) is 0.433. The molecule has 0 amide bonds. The summed E-state index contributed by atoms with van der Waals surface area (Å²) in [4.78, 5) is 4.72. The Morgan fingerprint density at radius 1 is 1.58 bits per heavy atom. The number of hydrogen-bond donors (Lipinski definition) is 1. The van der Waals surface area contributed by atoms with Crippen molar-refractivity contribution < 1.29 is 14.3 Å². The van der Waals surface area contributed by atoms with Crippen LogP contribution < -0.4 is 0 Å². The van der Waals surface area contributed by atoms with Gasteiger partial charge >= 0.3 is 0 Å². The molecular formula is C8H20O3Si. The summed E-state index contributed by atoms with van der Waals surface area (Å²) >= 11 is 0. The molecule has 1 atom stereocenters. The van der Waals surface area contributed by atoms with Gasteiger partial charge in [-0.05, 0) is 25.1 Å². The molecule has 0 aromatic heterocycles. The SMILES string of the molecule is [3H]O[Si](C)(C)CC(C)COCOC. The predicted molar refractivity (Wildman–Crippen MR) is 51.5 cm³/mol. The van der Waals surface area contributed by atoms with Crippen LogP contribution in [0.4, 0.5) is 0 Å². The quantitative estimate of drug-likeness (QED) is 0.379. The summed E-state index contributed by atoms with van der Waals surface area (Å²) in [6.45, 7) is 7.19. The Kier molecular flexibility index (Phi) is 4.83. The van der Waals surface area contributed by atoms with Crippen LogP contribution in [0.15, 0.2) is 0 Å². The minimum atomic E-state index is -1.75. The Balaban J connectivity index is 3.55. The highest BCUT2D eigenvalue weighted by molar-refractivity contribution is 6.69. The second-order valence-electron chi connectivity index (χ2n) is 3.85. The van der Waals surface area contributed by atoms with Crippen molar-refractivity contribution in [2.45, 2.75) is 26.1 Å². The normalized spacial score (nSPS) is 15.8. The molecule has 0 bridgehead atoms. The van der Waals surface area contributed by atoms with Crippen molar-refractivity contribution in [2.24, 2.45) is 5.92 Å². The van der Waals surface area contributed by atoms with Gasteiger partial charge in [0.1, 0.15) is 6.79 Å².